The predicted octanol–water partition coefficient (Wildman–Crippen LogP) is 10.7. The Bertz CT molecular complexity index is 4150. The van der Waals surface area contributed by atoms with Gasteiger partial charge in [-0.1, -0.05) is 164 Å². The first kappa shape index (κ1) is 80.0. The van der Waals surface area contributed by atoms with Crippen molar-refractivity contribution in [1.29, 1.82) is 0 Å². The van der Waals surface area contributed by atoms with Crippen LogP contribution in [0.5, 0.6) is 0 Å². The number of rotatable bonds is 24. The summed E-state index contributed by atoms with van der Waals surface area (Å²) < 4.78 is 83.1. The minimum absolute atomic E-state index is 0.233. The lowest BCUT2D eigenvalue weighted by Gasteiger charge is -2.24. The molecule has 0 aliphatic carbocycles. The Kier molecular flexibility index (Phi) is 28.8. The molecular formula is C84H72O27. The smallest absolute Gasteiger partial charge is 0.338 e. The minimum atomic E-state index is -1.40. The van der Waals surface area contributed by atoms with E-state index in [1.54, 1.807) is 273 Å². The number of carbonyl (C=O) groups is 12. The zero-order valence-corrected chi connectivity index (χ0v) is 59.6. The molecule has 9 aromatic rings. The summed E-state index contributed by atoms with van der Waals surface area (Å²) in [6.07, 6.45) is -15.3. The molecule has 9 aromatic carbocycles. The summed E-state index contributed by atoms with van der Waals surface area (Å²) >= 11 is 0. The van der Waals surface area contributed by atoms with Gasteiger partial charge in [-0.2, -0.15) is 0 Å². The standard InChI is InChI=1S/3C28H24O9/c3*1-18(29)34-28-24(37-27(32)21-15-9-4-10-16-21)23(36-26(31)20-13-7-3-8-14-20)22(35-28)17-33-25(30)19-11-5-2-6-12-19/h3*2-16,22-24,28H,17H2,1H3/t3*22-,23-,24?,28+/m111/s1. The molecule has 3 heterocycles. The Labute approximate surface area is 634 Å². The Balaban J connectivity index is 0.000000177. The summed E-state index contributed by atoms with van der Waals surface area (Å²) in [5.74, 6) is -8.42. The van der Waals surface area contributed by atoms with Gasteiger partial charge in [-0.25, -0.2) is 43.2 Å². The van der Waals surface area contributed by atoms with Crippen LogP contribution in [0.4, 0.5) is 0 Å². The van der Waals surface area contributed by atoms with E-state index in [2.05, 4.69) is 0 Å². The van der Waals surface area contributed by atoms with E-state index in [1.807, 2.05) is 0 Å². The van der Waals surface area contributed by atoms with Gasteiger partial charge in [0.05, 0.1) is 50.1 Å². The van der Waals surface area contributed by atoms with E-state index in [1.165, 1.54) is 0 Å². The molecule has 3 aliphatic rings. The third-order valence-corrected chi connectivity index (χ3v) is 16.3. The van der Waals surface area contributed by atoms with E-state index >= 15 is 0 Å². The topological polar surface area (TPSA) is 343 Å². The summed E-state index contributed by atoms with van der Waals surface area (Å²) in [6.45, 7) is 2.39. The fourth-order valence-electron chi connectivity index (χ4n) is 11.1. The lowest BCUT2D eigenvalue weighted by atomic mass is 10.1. The van der Waals surface area contributed by atoms with Gasteiger partial charge in [0.2, 0.25) is 37.2 Å². The highest BCUT2D eigenvalue weighted by Gasteiger charge is 2.55. The molecular weight excluding hydrogens is 1440 g/mol. The van der Waals surface area contributed by atoms with Gasteiger partial charge in [0, 0.05) is 20.8 Å². The first-order valence-corrected chi connectivity index (χ1v) is 34.5. The van der Waals surface area contributed by atoms with Crippen molar-refractivity contribution < 1.29 is 129 Å². The van der Waals surface area contributed by atoms with Crippen molar-refractivity contribution in [2.45, 2.75) is 94.6 Å². The number of hydrogen-bond donors (Lipinski definition) is 0. The highest BCUT2D eigenvalue weighted by Crippen LogP contribution is 2.34. The monoisotopic (exact) mass is 1510 g/mol. The van der Waals surface area contributed by atoms with Gasteiger partial charge in [-0.3, -0.25) is 14.4 Å². The summed E-state index contributed by atoms with van der Waals surface area (Å²) in [6, 6.07) is 73.8. The SMILES string of the molecule is CC(=O)O[C@H]1O[C@H](COC(=O)c2ccccc2)[C@@H](OC(=O)c2ccccc2)C1OC(=O)c1ccccc1.CC(=O)O[C@H]1O[C@H](COC(=O)c2ccccc2)[C@@H](OC(=O)c2ccccc2)C1OC(=O)c1ccccc1.CC(=O)O[C@H]1O[C@H](COC(=O)c2ccccc2)[C@@H](OC(=O)c2ccccc2)C1OC(=O)c1ccccc1. The fraction of sp³-hybridized carbons (Fsp3) is 0.214. The van der Waals surface area contributed by atoms with Crippen LogP contribution in [0, 0.1) is 0 Å². The largest absolute Gasteiger partial charge is 0.459 e. The number of esters is 12. The number of carbonyl (C=O) groups excluding carboxylic acids is 12. The molecule has 0 saturated carbocycles. The van der Waals surface area contributed by atoms with Crippen molar-refractivity contribution in [3.63, 3.8) is 0 Å². The molecule has 0 spiro atoms. The van der Waals surface area contributed by atoms with Crippen molar-refractivity contribution in [3.05, 3.63) is 323 Å². The fourth-order valence-corrected chi connectivity index (χ4v) is 11.1. The molecule has 3 fully saturated rings. The molecule has 0 aromatic heterocycles. The molecule has 3 saturated heterocycles. The van der Waals surface area contributed by atoms with Gasteiger partial charge >= 0.3 is 71.6 Å². The van der Waals surface area contributed by atoms with Crippen LogP contribution < -0.4 is 0 Å². The summed E-state index contributed by atoms with van der Waals surface area (Å²) in [7, 11) is 0. The Morgan fingerprint density at radius 1 is 0.207 bits per heavy atom. The maximum atomic E-state index is 12.9. The van der Waals surface area contributed by atoms with Crippen molar-refractivity contribution in [2.24, 2.45) is 0 Å². The second kappa shape index (κ2) is 39.9. The van der Waals surface area contributed by atoms with E-state index in [0.717, 1.165) is 20.8 Å². The normalized spacial score (nSPS) is 20.5. The lowest BCUT2D eigenvalue weighted by Crippen LogP contribution is -2.42. The first-order valence-electron chi connectivity index (χ1n) is 34.5. The lowest BCUT2D eigenvalue weighted by molar-refractivity contribution is -0.188. The van der Waals surface area contributed by atoms with Crippen LogP contribution in [-0.2, 0) is 85.4 Å². The molecule has 12 rings (SSSR count). The van der Waals surface area contributed by atoms with E-state index in [9.17, 15) is 57.5 Å². The molecule has 0 amide bonds. The van der Waals surface area contributed by atoms with Crippen molar-refractivity contribution >= 4 is 71.6 Å². The van der Waals surface area contributed by atoms with Gasteiger partial charge < -0.3 is 71.1 Å². The maximum Gasteiger partial charge on any atom is 0.338 e. The van der Waals surface area contributed by atoms with E-state index < -0.39 is 145 Å². The summed E-state index contributed by atoms with van der Waals surface area (Å²) in [4.78, 5) is 150. The molecule has 3 unspecified atom stereocenters. The summed E-state index contributed by atoms with van der Waals surface area (Å²) in [5.41, 5.74) is 2.35. The van der Waals surface area contributed by atoms with Gasteiger partial charge in [-0.15, -0.1) is 0 Å². The molecule has 12 atom stereocenters. The van der Waals surface area contributed by atoms with Gasteiger partial charge in [0.15, 0.2) is 18.3 Å². The molecule has 0 bridgehead atoms. The van der Waals surface area contributed by atoms with Crippen LogP contribution in [-0.4, -0.2) is 165 Å². The van der Waals surface area contributed by atoms with Crippen LogP contribution >= 0.6 is 0 Å². The number of benzene rings is 9. The Hall–Kier alpha value is -13.5. The van der Waals surface area contributed by atoms with E-state index in [0.29, 0.717) is 16.7 Å². The van der Waals surface area contributed by atoms with E-state index in [-0.39, 0.29) is 53.2 Å². The maximum absolute atomic E-state index is 12.9. The zero-order chi connectivity index (χ0) is 78.6. The van der Waals surface area contributed by atoms with E-state index in [4.69, 9.17) is 71.1 Å². The van der Waals surface area contributed by atoms with Crippen molar-refractivity contribution in [2.75, 3.05) is 19.8 Å². The second-order valence-corrected chi connectivity index (χ2v) is 24.3. The third kappa shape index (κ3) is 23.0. The zero-order valence-electron chi connectivity index (χ0n) is 59.6. The molecule has 27 nitrogen and oxygen atoms in total. The Morgan fingerprint density at radius 3 is 0.505 bits per heavy atom. The van der Waals surface area contributed by atoms with Crippen LogP contribution in [0.3, 0.4) is 0 Å². The Morgan fingerprint density at radius 2 is 0.351 bits per heavy atom. The highest BCUT2D eigenvalue weighted by atomic mass is 16.8. The average Bonchev–Trinajstić information content (AvgIpc) is 1.67. The van der Waals surface area contributed by atoms with Gasteiger partial charge in [0.25, 0.3) is 0 Å². The first-order chi connectivity index (χ1) is 53.8. The van der Waals surface area contributed by atoms with Crippen LogP contribution in [0.15, 0.2) is 273 Å². The summed E-state index contributed by atoms with van der Waals surface area (Å²) in [5, 5.41) is 0. The van der Waals surface area contributed by atoms with Crippen molar-refractivity contribution in [3.8, 4) is 0 Å². The van der Waals surface area contributed by atoms with Crippen molar-refractivity contribution in [1.82, 2.24) is 0 Å². The molecule has 0 N–H and O–H groups in total. The third-order valence-electron chi connectivity index (χ3n) is 16.3. The highest BCUT2D eigenvalue weighted by molar-refractivity contribution is 5.94. The molecule has 3 aliphatic heterocycles. The number of ether oxygens (including phenoxy) is 15. The predicted molar refractivity (Wildman–Crippen MR) is 385 cm³/mol. The van der Waals surface area contributed by atoms with Gasteiger partial charge in [-0.05, 0) is 109 Å². The van der Waals surface area contributed by atoms with Crippen LogP contribution in [0.2, 0.25) is 0 Å². The number of hydrogen-bond acceptors (Lipinski definition) is 27. The molecule has 27 heteroatoms. The molecule has 111 heavy (non-hydrogen) atoms. The average molecular weight is 1510 g/mol. The minimum Gasteiger partial charge on any atom is -0.459 e. The molecule has 570 valence electrons. The quantitative estimate of drug-likeness (QED) is 0.0400. The van der Waals surface area contributed by atoms with Crippen LogP contribution in [0.1, 0.15) is 114 Å². The molecule has 0 radical (unpaired) electrons. The second-order valence-electron chi connectivity index (χ2n) is 24.3. The van der Waals surface area contributed by atoms with Gasteiger partial charge in [0.1, 0.15) is 38.1 Å². The van der Waals surface area contributed by atoms with Crippen LogP contribution in [0.25, 0.3) is 0 Å².